The summed E-state index contributed by atoms with van der Waals surface area (Å²) in [6.45, 7) is 0.901. The molecular weight excluding hydrogens is 221 g/mol. The maximum Gasteiger partial charge on any atom is 0.161 e. The third kappa shape index (κ3) is 2.52. The molecule has 0 aromatic heterocycles. The van der Waals surface area contributed by atoms with E-state index in [0.29, 0.717) is 17.1 Å². The van der Waals surface area contributed by atoms with Crippen LogP contribution in [0.2, 0.25) is 0 Å². The minimum atomic E-state index is -0.989. The molecule has 1 N–H and O–H groups in total. The minimum Gasteiger partial charge on any atom is -0.493 e. The van der Waals surface area contributed by atoms with Gasteiger partial charge in [0, 0.05) is 6.04 Å². The molecule has 0 amide bonds. The second-order valence-corrected chi connectivity index (χ2v) is 4.22. The number of ether oxygens (including phenoxy) is 2. The highest BCUT2D eigenvalue weighted by atomic mass is 19.1. The fraction of sp³-hybridized carbons (Fsp3) is 0.538. The summed E-state index contributed by atoms with van der Waals surface area (Å²) in [4.78, 5) is 0. The van der Waals surface area contributed by atoms with Crippen molar-refractivity contribution in [3.8, 4) is 11.5 Å². The van der Waals surface area contributed by atoms with E-state index in [1.54, 1.807) is 32.4 Å². The molecule has 3 nitrogen and oxygen atoms in total. The molecule has 1 aromatic rings. The van der Waals surface area contributed by atoms with Crippen LogP contribution in [-0.2, 0) is 0 Å². The SMILES string of the molecule is COc1ccc(C(F)C2CCCN2)cc1OC. The normalized spacial score (nSPS) is 21.2. The standard InChI is InChI=1S/C13H18FNO2/c1-16-11-6-5-9(8-12(11)17-2)13(14)10-4-3-7-15-10/h5-6,8,10,13,15H,3-4,7H2,1-2H3. The van der Waals surface area contributed by atoms with Gasteiger partial charge in [0.1, 0.15) is 6.17 Å². The molecule has 17 heavy (non-hydrogen) atoms. The average Bonchev–Trinajstić information content (AvgIpc) is 2.90. The van der Waals surface area contributed by atoms with Crippen molar-refractivity contribution < 1.29 is 13.9 Å². The predicted molar refractivity (Wildman–Crippen MR) is 64.4 cm³/mol. The van der Waals surface area contributed by atoms with E-state index in [2.05, 4.69) is 5.32 Å². The first-order chi connectivity index (χ1) is 8.26. The van der Waals surface area contributed by atoms with Crippen molar-refractivity contribution in [3.63, 3.8) is 0 Å². The van der Waals surface area contributed by atoms with E-state index in [1.807, 2.05) is 0 Å². The summed E-state index contributed by atoms with van der Waals surface area (Å²) in [5.41, 5.74) is 0.641. The third-order valence-corrected chi connectivity index (χ3v) is 3.18. The van der Waals surface area contributed by atoms with Gasteiger partial charge in [-0.1, -0.05) is 6.07 Å². The summed E-state index contributed by atoms with van der Waals surface area (Å²) in [7, 11) is 3.13. The second-order valence-electron chi connectivity index (χ2n) is 4.22. The first-order valence-corrected chi connectivity index (χ1v) is 5.85. The Labute approximate surface area is 101 Å². The predicted octanol–water partition coefficient (Wildman–Crippen LogP) is 2.47. The molecule has 0 spiro atoms. The highest BCUT2D eigenvalue weighted by Crippen LogP contribution is 2.33. The van der Waals surface area contributed by atoms with Gasteiger partial charge in [0.15, 0.2) is 11.5 Å². The van der Waals surface area contributed by atoms with Gasteiger partial charge in [-0.05, 0) is 37.1 Å². The molecule has 1 aromatic carbocycles. The molecule has 94 valence electrons. The van der Waals surface area contributed by atoms with Gasteiger partial charge < -0.3 is 14.8 Å². The van der Waals surface area contributed by atoms with E-state index in [9.17, 15) is 4.39 Å². The van der Waals surface area contributed by atoms with E-state index in [4.69, 9.17) is 9.47 Å². The fourth-order valence-electron chi connectivity index (χ4n) is 2.22. The van der Waals surface area contributed by atoms with E-state index in [0.717, 1.165) is 19.4 Å². The Hall–Kier alpha value is -1.29. The van der Waals surface area contributed by atoms with Gasteiger partial charge in [-0.25, -0.2) is 4.39 Å². The Morgan fingerprint density at radius 3 is 2.65 bits per heavy atom. The van der Waals surface area contributed by atoms with E-state index in [1.165, 1.54) is 0 Å². The second kappa shape index (κ2) is 5.36. The van der Waals surface area contributed by atoms with Gasteiger partial charge >= 0.3 is 0 Å². The van der Waals surface area contributed by atoms with Crippen LogP contribution in [0.5, 0.6) is 11.5 Å². The molecule has 4 heteroatoms. The summed E-state index contributed by atoms with van der Waals surface area (Å²) in [6.07, 6.45) is 0.936. The lowest BCUT2D eigenvalue weighted by Crippen LogP contribution is -2.26. The number of hydrogen-bond acceptors (Lipinski definition) is 3. The first kappa shape index (κ1) is 12.2. The molecule has 1 aliphatic rings. The Morgan fingerprint density at radius 1 is 1.29 bits per heavy atom. The Balaban J connectivity index is 2.20. The molecule has 1 saturated heterocycles. The van der Waals surface area contributed by atoms with Crippen LogP contribution in [0.3, 0.4) is 0 Å². The number of methoxy groups -OCH3 is 2. The van der Waals surface area contributed by atoms with Crippen LogP contribution in [0.25, 0.3) is 0 Å². The van der Waals surface area contributed by atoms with E-state index in [-0.39, 0.29) is 6.04 Å². The Morgan fingerprint density at radius 2 is 2.06 bits per heavy atom. The van der Waals surface area contributed by atoms with Crippen LogP contribution in [0.1, 0.15) is 24.6 Å². The van der Waals surface area contributed by atoms with E-state index >= 15 is 0 Å². The van der Waals surface area contributed by atoms with Crippen LogP contribution in [0.15, 0.2) is 18.2 Å². The van der Waals surface area contributed by atoms with Crippen molar-refractivity contribution >= 4 is 0 Å². The van der Waals surface area contributed by atoms with Gasteiger partial charge in [0.25, 0.3) is 0 Å². The van der Waals surface area contributed by atoms with Crippen LogP contribution in [-0.4, -0.2) is 26.8 Å². The third-order valence-electron chi connectivity index (χ3n) is 3.18. The summed E-state index contributed by atoms with van der Waals surface area (Å²) in [5, 5.41) is 3.17. The molecule has 0 aliphatic carbocycles. The van der Waals surface area contributed by atoms with Gasteiger partial charge in [0.05, 0.1) is 14.2 Å². The van der Waals surface area contributed by atoms with Crippen LogP contribution in [0, 0.1) is 0 Å². The summed E-state index contributed by atoms with van der Waals surface area (Å²) in [6, 6.07) is 5.14. The molecule has 0 radical (unpaired) electrons. The lowest BCUT2D eigenvalue weighted by atomic mass is 10.0. The molecule has 2 atom stereocenters. The smallest absolute Gasteiger partial charge is 0.161 e. The monoisotopic (exact) mass is 239 g/mol. The maximum atomic E-state index is 14.2. The van der Waals surface area contributed by atoms with Crippen molar-refractivity contribution in [2.75, 3.05) is 20.8 Å². The van der Waals surface area contributed by atoms with Crippen LogP contribution >= 0.6 is 0 Å². The van der Waals surface area contributed by atoms with Crippen molar-refractivity contribution in [1.82, 2.24) is 5.32 Å². The molecule has 2 rings (SSSR count). The number of nitrogens with one attached hydrogen (secondary N) is 1. The number of halogens is 1. The molecule has 2 unspecified atom stereocenters. The molecule has 0 saturated carbocycles. The molecule has 1 heterocycles. The largest absolute Gasteiger partial charge is 0.493 e. The highest BCUT2D eigenvalue weighted by Gasteiger charge is 2.26. The van der Waals surface area contributed by atoms with Crippen LogP contribution in [0.4, 0.5) is 4.39 Å². The zero-order valence-electron chi connectivity index (χ0n) is 10.2. The molecule has 1 aliphatic heterocycles. The quantitative estimate of drug-likeness (QED) is 0.875. The average molecular weight is 239 g/mol. The highest BCUT2D eigenvalue weighted by molar-refractivity contribution is 5.43. The van der Waals surface area contributed by atoms with Crippen molar-refractivity contribution in [2.24, 2.45) is 0 Å². The Kier molecular flexibility index (Phi) is 3.84. The number of alkyl halides is 1. The summed E-state index contributed by atoms with van der Waals surface area (Å²) >= 11 is 0. The fourth-order valence-corrected chi connectivity index (χ4v) is 2.22. The van der Waals surface area contributed by atoms with Crippen molar-refractivity contribution in [3.05, 3.63) is 23.8 Å². The van der Waals surface area contributed by atoms with Crippen molar-refractivity contribution in [1.29, 1.82) is 0 Å². The number of benzene rings is 1. The van der Waals surface area contributed by atoms with Crippen molar-refractivity contribution in [2.45, 2.75) is 25.1 Å². The van der Waals surface area contributed by atoms with E-state index < -0.39 is 6.17 Å². The lowest BCUT2D eigenvalue weighted by Gasteiger charge is -2.17. The lowest BCUT2D eigenvalue weighted by molar-refractivity contribution is 0.269. The molecule has 1 fully saturated rings. The van der Waals surface area contributed by atoms with Crippen LogP contribution < -0.4 is 14.8 Å². The summed E-state index contributed by atoms with van der Waals surface area (Å²) in [5.74, 6) is 1.20. The number of rotatable bonds is 4. The van der Waals surface area contributed by atoms with Gasteiger partial charge in [-0.2, -0.15) is 0 Å². The zero-order chi connectivity index (χ0) is 12.3. The first-order valence-electron chi connectivity index (χ1n) is 5.85. The Bertz CT molecular complexity index is 378. The van der Waals surface area contributed by atoms with Gasteiger partial charge in [0.2, 0.25) is 0 Å². The maximum absolute atomic E-state index is 14.2. The minimum absolute atomic E-state index is 0.0758. The summed E-state index contributed by atoms with van der Waals surface area (Å²) < 4.78 is 24.5. The van der Waals surface area contributed by atoms with Gasteiger partial charge in [-0.15, -0.1) is 0 Å². The zero-order valence-corrected chi connectivity index (χ0v) is 10.2. The topological polar surface area (TPSA) is 30.5 Å². The molecule has 0 bridgehead atoms. The molecular formula is C13H18FNO2. The number of hydrogen-bond donors (Lipinski definition) is 1. The van der Waals surface area contributed by atoms with Gasteiger partial charge in [-0.3, -0.25) is 0 Å².